The highest BCUT2D eigenvalue weighted by Crippen LogP contribution is 2.36. The summed E-state index contributed by atoms with van der Waals surface area (Å²) in [5.74, 6) is 0.615. The van der Waals surface area contributed by atoms with Crippen LogP contribution >= 0.6 is 0 Å². The minimum Gasteiger partial charge on any atom is -0.497 e. The number of carbonyl (C=O) groups is 1. The SMILES string of the molecule is COc1ccc(S(=O)(=O)N(CC(=O)Nc2cccnc2)c2cc(OC)ccc2OC)cc1. The Kier molecular flexibility index (Phi) is 7.16. The van der Waals surface area contributed by atoms with Gasteiger partial charge in [0.2, 0.25) is 5.91 Å². The highest BCUT2D eigenvalue weighted by molar-refractivity contribution is 7.92. The lowest BCUT2D eigenvalue weighted by Gasteiger charge is -2.26. The number of pyridine rings is 1. The summed E-state index contributed by atoms with van der Waals surface area (Å²) in [6, 6.07) is 13.9. The Balaban J connectivity index is 2.05. The van der Waals surface area contributed by atoms with Crippen LogP contribution in [-0.2, 0) is 14.8 Å². The Hall–Kier alpha value is -3.79. The van der Waals surface area contributed by atoms with Gasteiger partial charge >= 0.3 is 0 Å². The van der Waals surface area contributed by atoms with Crippen molar-refractivity contribution in [3.63, 3.8) is 0 Å². The molecule has 1 amide bonds. The summed E-state index contributed by atoms with van der Waals surface area (Å²) in [5, 5.41) is 2.65. The van der Waals surface area contributed by atoms with Crippen LogP contribution in [0, 0.1) is 0 Å². The lowest BCUT2D eigenvalue weighted by molar-refractivity contribution is -0.114. The first-order valence-electron chi connectivity index (χ1n) is 9.47. The van der Waals surface area contributed by atoms with E-state index in [1.165, 1.54) is 57.9 Å². The summed E-state index contributed by atoms with van der Waals surface area (Å²) < 4.78 is 43.9. The third-order valence-electron chi connectivity index (χ3n) is 4.53. The standard InChI is InChI=1S/C22H23N3O6S/c1-29-17-6-9-19(10-7-17)32(27,28)25(15-22(26)24-16-5-4-12-23-14-16)20-13-18(30-2)8-11-21(20)31-3/h4-14H,15H2,1-3H3,(H,24,26). The third kappa shape index (κ3) is 5.09. The van der Waals surface area contributed by atoms with Crippen molar-refractivity contribution >= 4 is 27.3 Å². The Bertz CT molecular complexity index is 1170. The molecule has 0 aliphatic rings. The zero-order valence-corrected chi connectivity index (χ0v) is 18.6. The molecule has 0 bridgehead atoms. The number of nitrogens with one attached hydrogen (secondary N) is 1. The number of aromatic nitrogens is 1. The number of carbonyl (C=O) groups excluding carboxylic acids is 1. The lowest BCUT2D eigenvalue weighted by atomic mass is 10.2. The first-order valence-corrected chi connectivity index (χ1v) is 10.9. The molecule has 32 heavy (non-hydrogen) atoms. The van der Waals surface area contributed by atoms with Crippen molar-refractivity contribution in [1.82, 2.24) is 4.98 Å². The first-order chi connectivity index (χ1) is 15.4. The van der Waals surface area contributed by atoms with Gasteiger partial charge in [-0.05, 0) is 48.5 Å². The van der Waals surface area contributed by atoms with Crippen molar-refractivity contribution in [3.05, 3.63) is 67.0 Å². The zero-order valence-electron chi connectivity index (χ0n) is 17.8. The van der Waals surface area contributed by atoms with Gasteiger partial charge in [0, 0.05) is 12.3 Å². The average Bonchev–Trinajstić information content (AvgIpc) is 2.82. The molecule has 1 heterocycles. The van der Waals surface area contributed by atoms with Crippen molar-refractivity contribution in [2.24, 2.45) is 0 Å². The summed E-state index contributed by atoms with van der Waals surface area (Å²) in [6.45, 7) is -0.507. The molecule has 0 saturated heterocycles. The number of nitrogens with zero attached hydrogens (tertiary/aromatic N) is 2. The molecule has 168 valence electrons. The van der Waals surface area contributed by atoms with Crippen molar-refractivity contribution < 1.29 is 27.4 Å². The van der Waals surface area contributed by atoms with Crippen LogP contribution in [0.5, 0.6) is 17.2 Å². The molecule has 0 aliphatic carbocycles. The second kappa shape index (κ2) is 10.0. The van der Waals surface area contributed by atoms with Crippen molar-refractivity contribution in [2.75, 3.05) is 37.5 Å². The second-order valence-electron chi connectivity index (χ2n) is 6.51. The van der Waals surface area contributed by atoms with Crippen molar-refractivity contribution in [1.29, 1.82) is 0 Å². The average molecular weight is 458 g/mol. The number of sulfonamides is 1. The van der Waals surface area contributed by atoms with E-state index in [0.717, 1.165) is 4.31 Å². The molecule has 1 aromatic heterocycles. The number of anilines is 2. The summed E-state index contributed by atoms with van der Waals surface area (Å²) in [4.78, 5) is 16.7. The van der Waals surface area contributed by atoms with Crippen LogP contribution < -0.4 is 23.8 Å². The molecule has 3 rings (SSSR count). The molecule has 0 aliphatic heterocycles. The minimum atomic E-state index is -4.16. The fourth-order valence-electron chi connectivity index (χ4n) is 2.93. The molecule has 0 atom stereocenters. The van der Waals surface area contributed by atoms with E-state index < -0.39 is 22.5 Å². The molecule has 3 aromatic rings. The summed E-state index contributed by atoms with van der Waals surface area (Å²) in [6.07, 6.45) is 3.03. The molecule has 0 fully saturated rings. The highest BCUT2D eigenvalue weighted by atomic mass is 32.2. The smallest absolute Gasteiger partial charge is 0.264 e. The predicted octanol–water partition coefficient (Wildman–Crippen LogP) is 2.94. The summed E-state index contributed by atoms with van der Waals surface area (Å²) in [7, 11) is 0.205. The van der Waals surface area contributed by atoms with Crippen molar-refractivity contribution in [3.8, 4) is 17.2 Å². The maximum absolute atomic E-state index is 13.6. The fourth-order valence-corrected chi connectivity index (χ4v) is 4.36. The third-order valence-corrected chi connectivity index (χ3v) is 6.31. The highest BCUT2D eigenvalue weighted by Gasteiger charge is 2.30. The van der Waals surface area contributed by atoms with Gasteiger partial charge in [-0.2, -0.15) is 0 Å². The number of hydrogen-bond acceptors (Lipinski definition) is 7. The summed E-state index contributed by atoms with van der Waals surface area (Å²) in [5.41, 5.74) is 0.598. The molecule has 0 unspecified atom stereocenters. The number of rotatable bonds is 9. The minimum absolute atomic E-state index is 0.0163. The maximum Gasteiger partial charge on any atom is 0.264 e. The van der Waals surface area contributed by atoms with Crippen LogP contribution in [0.1, 0.15) is 0 Å². The van der Waals surface area contributed by atoms with Gasteiger partial charge in [0.05, 0.1) is 43.8 Å². The van der Waals surface area contributed by atoms with E-state index in [2.05, 4.69) is 10.3 Å². The number of hydrogen-bond donors (Lipinski definition) is 1. The van der Waals surface area contributed by atoms with Gasteiger partial charge in [-0.3, -0.25) is 14.1 Å². The number of ether oxygens (including phenoxy) is 3. The number of benzene rings is 2. The first kappa shape index (κ1) is 22.9. The van der Waals surface area contributed by atoms with E-state index in [0.29, 0.717) is 17.2 Å². The van der Waals surface area contributed by atoms with Crippen LogP contribution in [0.2, 0.25) is 0 Å². The second-order valence-corrected chi connectivity index (χ2v) is 8.38. The largest absolute Gasteiger partial charge is 0.497 e. The van der Waals surface area contributed by atoms with Gasteiger partial charge in [0.1, 0.15) is 23.8 Å². The monoisotopic (exact) mass is 457 g/mol. The zero-order chi connectivity index (χ0) is 23.1. The van der Waals surface area contributed by atoms with E-state index in [4.69, 9.17) is 14.2 Å². The van der Waals surface area contributed by atoms with Crippen LogP contribution in [-0.4, -0.2) is 47.2 Å². The van der Waals surface area contributed by atoms with Gasteiger partial charge in [-0.15, -0.1) is 0 Å². The van der Waals surface area contributed by atoms with Gasteiger partial charge in [0.25, 0.3) is 10.0 Å². The predicted molar refractivity (Wildman–Crippen MR) is 120 cm³/mol. The van der Waals surface area contributed by atoms with Gasteiger partial charge in [-0.1, -0.05) is 0 Å². The van der Waals surface area contributed by atoms with E-state index >= 15 is 0 Å². The summed E-state index contributed by atoms with van der Waals surface area (Å²) >= 11 is 0. The fraction of sp³-hybridized carbons (Fsp3) is 0.182. The molecule has 0 spiro atoms. The normalized spacial score (nSPS) is 10.8. The van der Waals surface area contributed by atoms with Crippen molar-refractivity contribution in [2.45, 2.75) is 4.90 Å². The molecule has 2 aromatic carbocycles. The van der Waals surface area contributed by atoms with Gasteiger partial charge in [-0.25, -0.2) is 8.42 Å². The van der Waals surface area contributed by atoms with E-state index in [1.54, 1.807) is 30.5 Å². The molecular weight excluding hydrogens is 434 g/mol. The molecule has 10 heteroatoms. The molecule has 9 nitrogen and oxygen atoms in total. The topological polar surface area (TPSA) is 107 Å². The maximum atomic E-state index is 13.6. The number of methoxy groups -OCH3 is 3. The molecule has 0 saturated carbocycles. The van der Waals surface area contributed by atoms with E-state index in [-0.39, 0.29) is 16.3 Å². The van der Waals surface area contributed by atoms with Crippen LogP contribution in [0.15, 0.2) is 71.9 Å². The Morgan fingerprint density at radius 3 is 2.25 bits per heavy atom. The Labute approximate surface area is 186 Å². The van der Waals surface area contributed by atoms with Crippen LogP contribution in [0.4, 0.5) is 11.4 Å². The van der Waals surface area contributed by atoms with Gasteiger partial charge < -0.3 is 19.5 Å². The van der Waals surface area contributed by atoms with E-state index in [9.17, 15) is 13.2 Å². The van der Waals surface area contributed by atoms with Crippen LogP contribution in [0.25, 0.3) is 0 Å². The molecule has 1 N–H and O–H groups in total. The van der Waals surface area contributed by atoms with Gasteiger partial charge in [0.15, 0.2) is 0 Å². The molecule has 0 radical (unpaired) electrons. The number of amides is 1. The Morgan fingerprint density at radius 1 is 0.969 bits per heavy atom. The van der Waals surface area contributed by atoms with Crippen LogP contribution in [0.3, 0.4) is 0 Å². The Morgan fingerprint density at radius 2 is 1.66 bits per heavy atom. The quantitative estimate of drug-likeness (QED) is 0.526. The van der Waals surface area contributed by atoms with E-state index in [1.807, 2.05) is 0 Å². The lowest BCUT2D eigenvalue weighted by Crippen LogP contribution is -2.38. The molecular formula is C22H23N3O6S.